The molecule has 0 spiro atoms. The van der Waals surface area contributed by atoms with E-state index in [9.17, 15) is 0 Å². The van der Waals surface area contributed by atoms with Gasteiger partial charge in [0.1, 0.15) is 0 Å². The maximum absolute atomic E-state index is 6.17. The van der Waals surface area contributed by atoms with Crippen LogP contribution in [0.15, 0.2) is 34.2 Å². The third-order valence-electron chi connectivity index (χ3n) is 2.94. The minimum atomic E-state index is 0.694. The van der Waals surface area contributed by atoms with Crippen molar-refractivity contribution in [1.82, 2.24) is 9.38 Å². The summed E-state index contributed by atoms with van der Waals surface area (Å²) < 4.78 is 3.11. The van der Waals surface area contributed by atoms with Crippen LogP contribution in [-0.4, -0.2) is 9.38 Å². The van der Waals surface area contributed by atoms with E-state index in [1.807, 2.05) is 36.7 Å². The first kappa shape index (κ1) is 13.0. The molecule has 19 heavy (non-hydrogen) atoms. The molecule has 1 N–H and O–H groups in total. The number of benzene rings is 1. The lowest BCUT2D eigenvalue weighted by Crippen LogP contribution is -2.03. The van der Waals surface area contributed by atoms with Gasteiger partial charge in [-0.05, 0) is 25.1 Å². The minimum Gasteiger partial charge on any atom is -0.378 e. The fraction of sp³-hybridized carbons (Fsp3) is 0.154. The molecule has 3 rings (SSSR count). The third kappa shape index (κ3) is 2.50. The average Bonchev–Trinajstić information content (AvgIpc) is 2.92. The Labute approximate surface area is 128 Å². The SMILES string of the molecule is Cc1nc2sccn2c1CNc1cc(Br)ccc1Cl. The summed E-state index contributed by atoms with van der Waals surface area (Å²) in [6.45, 7) is 2.72. The number of rotatable bonds is 3. The van der Waals surface area contributed by atoms with Gasteiger partial charge in [0.25, 0.3) is 0 Å². The number of imidazole rings is 1. The van der Waals surface area contributed by atoms with Gasteiger partial charge in [0.2, 0.25) is 0 Å². The summed E-state index contributed by atoms with van der Waals surface area (Å²) >= 11 is 11.3. The highest BCUT2D eigenvalue weighted by molar-refractivity contribution is 9.10. The molecule has 3 nitrogen and oxygen atoms in total. The lowest BCUT2D eigenvalue weighted by atomic mass is 10.3. The van der Waals surface area contributed by atoms with Crippen LogP contribution < -0.4 is 5.32 Å². The molecule has 0 aliphatic carbocycles. The molecule has 2 heterocycles. The van der Waals surface area contributed by atoms with Crippen molar-refractivity contribution in [3.8, 4) is 0 Å². The van der Waals surface area contributed by atoms with Crippen molar-refractivity contribution >= 4 is 49.5 Å². The predicted octanol–water partition coefficient (Wildman–Crippen LogP) is 4.73. The van der Waals surface area contributed by atoms with Gasteiger partial charge in [-0.3, -0.25) is 4.40 Å². The van der Waals surface area contributed by atoms with Crippen LogP contribution in [0.2, 0.25) is 5.02 Å². The molecule has 0 fully saturated rings. The lowest BCUT2D eigenvalue weighted by molar-refractivity contribution is 0.994. The minimum absolute atomic E-state index is 0.694. The second-order valence-electron chi connectivity index (χ2n) is 4.18. The summed E-state index contributed by atoms with van der Waals surface area (Å²) in [5.74, 6) is 0. The molecule has 0 unspecified atom stereocenters. The van der Waals surface area contributed by atoms with Crippen molar-refractivity contribution in [3.05, 3.63) is 50.7 Å². The summed E-state index contributed by atoms with van der Waals surface area (Å²) in [5.41, 5.74) is 3.12. The van der Waals surface area contributed by atoms with E-state index in [-0.39, 0.29) is 0 Å². The Morgan fingerprint density at radius 2 is 2.32 bits per heavy atom. The van der Waals surface area contributed by atoms with Crippen LogP contribution in [0.3, 0.4) is 0 Å². The molecular formula is C13H11BrClN3S. The second kappa shape index (κ2) is 5.15. The number of nitrogens with zero attached hydrogens (tertiary/aromatic N) is 2. The Morgan fingerprint density at radius 1 is 1.47 bits per heavy atom. The van der Waals surface area contributed by atoms with Gasteiger partial charge in [0.05, 0.1) is 28.6 Å². The van der Waals surface area contributed by atoms with Gasteiger partial charge in [0, 0.05) is 16.0 Å². The van der Waals surface area contributed by atoms with Crippen LogP contribution in [0.25, 0.3) is 4.96 Å². The van der Waals surface area contributed by atoms with Crippen molar-refractivity contribution in [2.75, 3.05) is 5.32 Å². The van der Waals surface area contributed by atoms with Crippen molar-refractivity contribution < 1.29 is 0 Å². The molecule has 6 heteroatoms. The van der Waals surface area contributed by atoms with E-state index in [0.29, 0.717) is 11.6 Å². The zero-order chi connectivity index (χ0) is 13.4. The molecule has 0 bridgehead atoms. The van der Waals surface area contributed by atoms with Gasteiger partial charge >= 0.3 is 0 Å². The fourth-order valence-electron chi connectivity index (χ4n) is 1.97. The molecule has 0 saturated carbocycles. The van der Waals surface area contributed by atoms with Crippen molar-refractivity contribution in [1.29, 1.82) is 0 Å². The van der Waals surface area contributed by atoms with Crippen LogP contribution >= 0.6 is 38.9 Å². The first-order valence-corrected chi connectivity index (χ1v) is 7.80. The standard InChI is InChI=1S/C13H11BrClN3S/c1-8-12(18-4-5-19-13(18)17-8)7-16-11-6-9(14)2-3-10(11)15/h2-6,16H,7H2,1H3. The number of thiazole rings is 1. The zero-order valence-corrected chi connectivity index (χ0v) is 13.3. The number of hydrogen-bond acceptors (Lipinski definition) is 3. The van der Waals surface area contributed by atoms with E-state index in [1.54, 1.807) is 11.3 Å². The molecule has 0 aliphatic heterocycles. The molecule has 0 aliphatic rings. The monoisotopic (exact) mass is 355 g/mol. The van der Waals surface area contributed by atoms with E-state index in [4.69, 9.17) is 11.6 Å². The maximum atomic E-state index is 6.17. The van der Waals surface area contributed by atoms with Gasteiger partial charge < -0.3 is 5.32 Å². The van der Waals surface area contributed by atoms with E-state index in [2.05, 4.69) is 30.6 Å². The van der Waals surface area contributed by atoms with Crippen LogP contribution in [-0.2, 0) is 6.54 Å². The normalized spacial score (nSPS) is 11.1. The molecule has 3 aromatic rings. The van der Waals surface area contributed by atoms with Crippen molar-refractivity contribution in [2.45, 2.75) is 13.5 Å². The number of hydrogen-bond donors (Lipinski definition) is 1. The van der Waals surface area contributed by atoms with Crippen molar-refractivity contribution in [2.24, 2.45) is 0 Å². The van der Waals surface area contributed by atoms with E-state index in [1.165, 1.54) is 0 Å². The number of halogens is 2. The summed E-state index contributed by atoms with van der Waals surface area (Å²) in [4.78, 5) is 5.55. The molecule has 2 aromatic heterocycles. The quantitative estimate of drug-likeness (QED) is 0.735. The van der Waals surface area contributed by atoms with Crippen LogP contribution in [0.4, 0.5) is 5.69 Å². The fourth-order valence-corrected chi connectivity index (χ4v) is 3.29. The predicted molar refractivity (Wildman–Crippen MR) is 84.3 cm³/mol. The van der Waals surface area contributed by atoms with Crippen LogP contribution in [0, 0.1) is 6.92 Å². The topological polar surface area (TPSA) is 29.3 Å². The van der Waals surface area contributed by atoms with E-state index in [0.717, 1.165) is 26.5 Å². The van der Waals surface area contributed by atoms with Gasteiger partial charge in [-0.25, -0.2) is 4.98 Å². The van der Waals surface area contributed by atoms with Crippen molar-refractivity contribution in [3.63, 3.8) is 0 Å². The van der Waals surface area contributed by atoms with Crippen LogP contribution in [0.5, 0.6) is 0 Å². The van der Waals surface area contributed by atoms with Gasteiger partial charge in [0.15, 0.2) is 4.96 Å². The molecular weight excluding hydrogens is 346 g/mol. The molecule has 1 aromatic carbocycles. The smallest absolute Gasteiger partial charge is 0.194 e. The Bertz CT molecular complexity index is 735. The highest BCUT2D eigenvalue weighted by Crippen LogP contribution is 2.26. The molecule has 0 amide bonds. The highest BCUT2D eigenvalue weighted by Gasteiger charge is 2.10. The van der Waals surface area contributed by atoms with Gasteiger partial charge in [-0.2, -0.15) is 0 Å². The van der Waals surface area contributed by atoms with Gasteiger partial charge in [-0.1, -0.05) is 27.5 Å². The first-order chi connectivity index (χ1) is 9.15. The Balaban J connectivity index is 1.87. The molecule has 98 valence electrons. The highest BCUT2D eigenvalue weighted by atomic mass is 79.9. The lowest BCUT2D eigenvalue weighted by Gasteiger charge is -2.09. The molecule has 0 saturated heterocycles. The van der Waals surface area contributed by atoms with Gasteiger partial charge in [-0.15, -0.1) is 11.3 Å². The average molecular weight is 357 g/mol. The largest absolute Gasteiger partial charge is 0.378 e. The molecule has 0 atom stereocenters. The number of aryl methyl sites for hydroxylation is 1. The van der Waals surface area contributed by atoms with Crippen LogP contribution in [0.1, 0.15) is 11.4 Å². The number of nitrogens with one attached hydrogen (secondary N) is 1. The Hall–Kier alpha value is -1.04. The van der Waals surface area contributed by atoms with E-state index < -0.39 is 0 Å². The summed E-state index contributed by atoms with van der Waals surface area (Å²) in [7, 11) is 0. The second-order valence-corrected chi connectivity index (χ2v) is 6.37. The molecule has 0 radical (unpaired) electrons. The Morgan fingerprint density at radius 3 is 3.16 bits per heavy atom. The third-order valence-corrected chi connectivity index (χ3v) is 4.52. The maximum Gasteiger partial charge on any atom is 0.194 e. The number of anilines is 1. The first-order valence-electron chi connectivity index (χ1n) is 5.75. The number of aromatic nitrogens is 2. The van der Waals surface area contributed by atoms with E-state index >= 15 is 0 Å². The number of fused-ring (bicyclic) bond motifs is 1. The summed E-state index contributed by atoms with van der Waals surface area (Å²) in [5, 5.41) is 6.11. The summed E-state index contributed by atoms with van der Waals surface area (Å²) in [6, 6.07) is 5.77. The summed E-state index contributed by atoms with van der Waals surface area (Å²) in [6.07, 6.45) is 2.04. The zero-order valence-electron chi connectivity index (χ0n) is 10.2. The Kier molecular flexibility index (Phi) is 3.52.